The van der Waals surface area contributed by atoms with E-state index in [1.165, 1.54) is 22.5 Å². The predicted molar refractivity (Wildman–Crippen MR) is 101 cm³/mol. The number of hydrogen-bond acceptors (Lipinski definition) is 3. The zero-order valence-electron chi connectivity index (χ0n) is 15.8. The van der Waals surface area contributed by atoms with Crippen molar-refractivity contribution in [1.29, 1.82) is 0 Å². The van der Waals surface area contributed by atoms with Crippen LogP contribution in [0.2, 0.25) is 0 Å². The molecule has 134 valence electrons. The van der Waals surface area contributed by atoms with Crippen LogP contribution in [0.25, 0.3) is 0 Å². The third-order valence-corrected chi connectivity index (χ3v) is 4.96. The summed E-state index contributed by atoms with van der Waals surface area (Å²) in [5.41, 5.74) is 6.16. The molecule has 1 aromatic heterocycles. The Kier molecular flexibility index (Phi) is 4.84. The highest BCUT2D eigenvalue weighted by Gasteiger charge is 2.26. The third-order valence-electron chi connectivity index (χ3n) is 4.96. The van der Waals surface area contributed by atoms with Crippen molar-refractivity contribution in [2.45, 2.75) is 59.7 Å². The number of nitrogens with zero attached hydrogens (tertiary/aromatic N) is 3. The first-order valence-corrected chi connectivity index (χ1v) is 9.01. The van der Waals surface area contributed by atoms with Crippen LogP contribution in [0.1, 0.15) is 49.3 Å². The molecule has 5 heteroatoms. The number of carbonyl (C=O) groups excluding carboxylic acids is 1. The molecule has 2 heterocycles. The summed E-state index contributed by atoms with van der Waals surface area (Å²) < 4.78 is 2.10. The van der Waals surface area contributed by atoms with Gasteiger partial charge in [-0.25, -0.2) is 0 Å². The van der Waals surface area contributed by atoms with E-state index in [0.29, 0.717) is 6.04 Å². The predicted octanol–water partition coefficient (Wildman–Crippen LogP) is 3.15. The molecule has 1 aliphatic rings. The number of aryl methyl sites for hydroxylation is 1. The van der Waals surface area contributed by atoms with Crippen molar-refractivity contribution in [2.24, 2.45) is 0 Å². The van der Waals surface area contributed by atoms with Crippen molar-refractivity contribution in [3.63, 3.8) is 0 Å². The second-order valence-electron chi connectivity index (χ2n) is 7.30. The summed E-state index contributed by atoms with van der Waals surface area (Å²) in [6.45, 7) is 11.8. The fourth-order valence-corrected chi connectivity index (χ4v) is 3.84. The van der Waals surface area contributed by atoms with E-state index in [1.54, 1.807) is 6.92 Å². The van der Waals surface area contributed by atoms with Crippen molar-refractivity contribution in [3.8, 4) is 0 Å². The van der Waals surface area contributed by atoms with Gasteiger partial charge in [-0.2, -0.15) is 5.10 Å². The molecule has 1 atom stereocenters. The van der Waals surface area contributed by atoms with Gasteiger partial charge < -0.3 is 10.2 Å². The zero-order chi connectivity index (χ0) is 18.1. The quantitative estimate of drug-likeness (QED) is 0.930. The minimum Gasteiger partial charge on any atom is -0.365 e. The number of nitrogens with one attached hydrogen (secondary N) is 1. The van der Waals surface area contributed by atoms with Crippen LogP contribution in [-0.2, 0) is 17.8 Å². The topological polar surface area (TPSA) is 50.2 Å². The minimum absolute atomic E-state index is 0.0318. The number of benzene rings is 1. The Morgan fingerprint density at radius 1 is 1.32 bits per heavy atom. The van der Waals surface area contributed by atoms with Gasteiger partial charge in [-0.05, 0) is 45.7 Å². The Bertz CT molecular complexity index is 778. The molecule has 3 rings (SSSR count). The van der Waals surface area contributed by atoms with E-state index in [0.717, 1.165) is 25.2 Å². The van der Waals surface area contributed by atoms with E-state index in [2.05, 4.69) is 66.9 Å². The van der Waals surface area contributed by atoms with Crippen molar-refractivity contribution in [1.82, 2.24) is 15.1 Å². The summed E-state index contributed by atoms with van der Waals surface area (Å²) in [4.78, 5) is 13.9. The molecule has 1 N–H and O–H groups in total. The first-order valence-electron chi connectivity index (χ1n) is 9.01. The molecule has 0 saturated heterocycles. The summed E-state index contributed by atoms with van der Waals surface area (Å²) in [7, 11) is 0. The van der Waals surface area contributed by atoms with Crippen LogP contribution >= 0.6 is 0 Å². The van der Waals surface area contributed by atoms with Gasteiger partial charge in [0.1, 0.15) is 0 Å². The maximum atomic E-state index is 11.5. The molecule has 0 bridgehead atoms. The fraction of sp³-hybridized carbons (Fsp3) is 0.500. The molecule has 2 aromatic rings. The SMILES string of the molecule is CC(=O)NC1Cc2ccccc2N(Cc2c(C)nn(C(C)C)c2C)C1. The van der Waals surface area contributed by atoms with Crippen molar-refractivity contribution < 1.29 is 4.79 Å². The highest BCUT2D eigenvalue weighted by atomic mass is 16.1. The highest BCUT2D eigenvalue weighted by molar-refractivity contribution is 5.73. The van der Waals surface area contributed by atoms with E-state index in [9.17, 15) is 4.79 Å². The smallest absolute Gasteiger partial charge is 0.217 e. The number of para-hydroxylation sites is 1. The largest absolute Gasteiger partial charge is 0.365 e. The number of amides is 1. The number of carbonyl (C=O) groups is 1. The van der Waals surface area contributed by atoms with Gasteiger partial charge in [-0.1, -0.05) is 18.2 Å². The second kappa shape index (κ2) is 6.90. The number of fused-ring (bicyclic) bond motifs is 1. The molecule has 0 aliphatic carbocycles. The molecule has 0 radical (unpaired) electrons. The van der Waals surface area contributed by atoms with Gasteiger partial charge in [0, 0.05) is 43.0 Å². The van der Waals surface area contributed by atoms with Crippen molar-refractivity contribution >= 4 is 11.6 Å². The van der Waals surface area contributed by atoms with Crippen LogP contribution in [0.3, 0.4) is 0 Å². The number of aromatic nitrogens is 2. The van der Waals surface area contributed by atoms with Gasteiger partial charge in [0.25, 0.3) is 0 Å². The summed E-state index contributed by atoms with van der Waals surface area (Å²) in [5.74, 6) is 0.0318. The summed E-state index contributed by atoms with van der Waals surface area (Å²) >= 11 is 0. The van der Waals surface area contributed by atoms with E-state index < -0.39 is 0 Å². The lowest BCUT2D eigenvalue weighted by Gasteiger charge is -2.36. The molecular formula is C20H28N4O. The maximum Gasteiger partial charge on any atom is 0.217 e. The highest BCUT2D eigenvalue weighted by Crippen LogP contribution is 2.30. The van der Waals surface area contributed by atoms with E-state index >= 15 is 0 Å². The third kappa shape index (κ3) is 3.55. The monoisotopic (exact) mass is 340 g/mol. The van der Waals surface area contributed by atoms with Gasteiger partial charge in [0.2, 0.25) is 5.91 Å². The van der Waals surface area contributed by atoms with Crippen molar-refractivity contribution in [2.75, 3.05) is 11.4 Å². The molecule has 0 saturated carbocycles. The molecular weight excluding hydrogens is 312 g/mol. The zero-order valence-corrected chi connectivity index (χ0v) is 15.8. The standard InChI is InChI=1S/C20H28N4O/c1-13(2)24-15(4)19(14(3)22-24)12-23-11-18(21-16(5)25)10-17-8-6-7-9-20(17)23/h6-9,13,18H,10-12H2,1-5H3,(H,21,25). The molecule has 5 nitrogen and oxygen atoms in total. The first kappa shape index (κ1) is 17.5. The number of anilines is 1. The van der Waals surface area contributed by atoms with E-state index in [1.807, 2.05) is 0 Å². The van der Waals surface area contributed by atoms with Gasteiger partial charge in [0.05, 0.1) is 11.7 Å². The molecule has 1 amide bonds. The molecule has 1 aliphatic heterocycles. The van der Waals surface area contributed by atoms with Crippen LogP contribution < -0.4 is 10.2 Å². The lowest BCUT2D eigenvalue weighted by atomic mass is 9.97. The van der Waals surface area contributed by atoms with Crippen molar-refractivity contribution in [3.05, 3.63) is 46.8 Å². The van der Waals surface area contributed by atoms with E-state index in [-0.39, 0.29) is 11.9 Å². The number of hydrogen-bond donors (Lipinski definition) is 1. The van der Waals surface area contributed by atoms with Crippen LogP contribution in [-0.4, -0.2) is 28.3 Å². The lowest BCUT2D eigenvalue weighted by Crippen LogP contribution is -2.47. The van der Waals surface area contributed by atoms with Crippen LogP contribution in [0.5, 0.6) is 0 Å². The Labute approximate surface area is 150 Å². The molecule has 25 heavy (non-hydrogen) atoms. The molecule has 0 fully saturated rings. The first-order chi connectivity index (χ1) is 11.9. The van der Waals surface area contributed by atoms with E-state index in [4.69, 9.17) is 5.10 Å². The Morgan fingerprint density at radius 3 is 2.68 bits per heavy atom. The van der Waals surface area contributed by atoms with Gasteiger partial charge in [0.15, 0.2) is 0 Å². The normalized spacial score (nSPS) is 16.9. The summed E-state index contributed by atoms with van der Waals surface area (Å²) in [6, 6.07) is 8.99. The maximum absolute atomic E-state index is 11.5. The minimum atomic E-state index is 0.0318. The average molecular weight is 340 g/mol. The fourth-order valence-electron chi connectivity index (χ4n) is 3.84. The van der Waals surface area contributed by atoms with Crippen LogP contribution in [0, 0.1) is 13.8 Å². The molecule has 1 aromatic carbocycles. The van der Waals surface area contributed by atoms with Crippen LogP contribution in [0.4, 0.5) is 5.69 Å². The summed E-state index contributed by atoms with van der Waals surface area (Å²) in [5, 5.41) is 7.81. The summed E-state index contributed by atoms with van der Waals surface area (Å²) in [6.07, 6.45) is 0.884. The molecule has 1 unspecified atom stereocenters. The lowest BCUT2D eigenvalue weighted by molar-refractivity contribution is -0.119. The Balaban J connectivity index is 1.92. The van der Waals surface area contributed by atoms with Crippen LogP contribution in [0.15, 0.2) is 24.3 Å². The van der Waals surface area contributed by atoms with Gasteiger partial charge in [-0.15, -0.1) is 0 Å². The van der Waals surface area contributed by atoms with Gasteiger partial charge in [-0.3, -0.25) is 9.48 Å². The Hall–Kier alpha value is -2.30. The second-order valence-corrected chi connectivity index (χ2v) is 7.30. The molecule has 0 spiro atoms. The van der Waals surface area contributed by atoms with Gasteiger partial charge >= 0.3 is 0 Å². The average Bonchev–Trinajstić information content (AvgIpc) is 2.82. The number of rotatable bonds is 4. The Morgan fingerprint density at radius 2 is 2.04 bits per heavy atom.